The molecule has 0 aromatic heterocycles. The van der Waals surface area contributed by atoms with Gasteiger partial charge < -0.3 is 9.47 Å². The van der Waals surface area contributed by atoms with Crippen molar-refractivity contribution in [1.29, 1.82) is 0 Å². The van der Waals surface area contributed by atoms with Crippen molar-refractivity contribution in [3.8, 4) is 0 Å². The van der Waals surface area contributed by atoms with Crippen molar-refractivity contribution in [2.24, 2.45) is 11.8 Å². The number of allylic oxidation sites excluding steroid dienone is 1. The van der Waals surface area contributed by atoms with Crippen molar-refractivity contribution in [2.45, 2.75) is 26.7 Å². The quantitative estimate of drug-likeness (QED) is 0.399. The molecule has 0 saturated carbocycles. The molecule has 0 amide bonds. The van der Waals surface area contributed by atoms with Crippen LogP contribution in [0.25, 0.3) is 0 Å². The maximum absolute atomic E-state index is 12.1. The molecule has 4 nitrogen and oxygen atoms in total. The van der Waals surface area contributed by atoms with Gasteiger partial charge in [-0.25, -0.2) is 0 Å². The summed E-state index contributed by atoms with van der Waals surface area (Å²) < 4.78 is 10.0. The number of rotatable bonds is 9. The van der Waals surface area contributed by atoms with Gasteiger partial charge in [0.2, 0.25) is 0 Å². The van der Waals surface area contributed by atoms with Crippen LogP contribution in [0.15, 0.2) is 43.0 Å². The molecule has 1 atom stereocenters. The van der Waals surface area contributed by atoms with Crippen molar-refractivity contribution >= 4 is 11.9 Å². The van der Waals surface area contributed by atoms with E-state index < -0.39 is 17.9 Å². The minimum absolute atomic E-state index is 0.233. The van der Waals surface area contributed by atoms with Crippen LogP contribution in [0.4, 0.5) is 0 Å². The topological polar surface area (TPSA) is 52.6 Å². The first kappa shape index (κ1) is 18.0. The van der Waals surface area contributed by atoms with Gasteiger partial charge in [0.05, 0.1) is 13.2 Å². The van der Waals surface area contributed by atoms with Crippen LogP contribution in [0.3, 0.4) is 0 Å². The smallest absolute Gasteiger partial charge is 0.320 e. The Morgan fingerprint density at radius 3 is 2.09 bits per heavy atom. The first-order valence-corrected chi connectivity index (χ1v) is 7.63. The molecule has 0 heterocycles. The molecule has 0 unspecified atom stereocenters. The number of ether oxygens (including phenoxy) is 2. The Kier molecular flexibility index (Phi) is 7.97. The van der Waals surface area contributed by atoms with E-state index in [-0.39, 0.29) is 19.1 Å². The maximum Gasteiger partial charge on any atom is 0.320 e. The minimum Gasteiger partial charge on any atom is -0.465 e. The van der Waals surface area contributed by atoms with Gasteiger partial charge in [0.15, 0.2) is 5.92 Å². The number of hydrogen-bond donors (Lipinski definition) is 0. The van der Waals surface area contributed by atoms with Crippen molar-refractivity contribution in [2.75, 3.05) is 13.2 Å². The van der Waals surface area contributed by atoms with E-state index in [1.807, 2.05) is 30.3 Å². The summed E-state index contributed by atoms with van der Waals surface area (Å²) in [6.07, 6.45) is 3.03. The van der Waals surface area contributed by atoms with Crippen LogP contribution in [0.5, 0.6) is 0 Å². The second-order valence-corrected chi connectivity index (χ2v) is 4.91. The number of hydrogen-bond acceptors (Lipinski definition) is 4. The molecule has 1 aromatic rings. The van der Waals surface area contributed by atoms with Crippen LogP contribution < -0.4 is 0 Å². The molecule has 0 N–H and O–H groups in total. The third-order valence-electron chi connectivity index (χ3n) is 3.42. The third kappa shape index (κ3) is 5.35. The number of carbonyl (C=O) groups excluding carboxylic acids is 2. The number of benzene rings is 1. The fourth-order valence-corrected chi connectivity index (χ4v) is 2.31. The second kappa shape index (κ2) is 9.77. The zero-order valence-corrected chi connectivity index (χ0v) is 13.3. The van der Waals surface area contributed by atoms with E-state index in [2.05, 4.69) is 6.58 Å². The highest BCUT2D eigenvalue weighted by Gasteiger charge is 2.35. The molecule has 0 aliphatic heterocycles. The van der Waals surface area contributed by atoms with Crippen LogP contribution >= 0.6 is 0 Å². The molecule has 0 aliphatic carbocycles. The summed E-state index contributed by atoms with van der Waals surface area (Å²) in [4.78, 5) is 24.2. The lowest BCUT2D eigenvalue weighted by Gasteiger charge is -2.21. The van der Waals surface area contributed by atoms with Crippen LogP contribution in [0, 0.1) is 11.8 Å². The fraction of sp³-hybridized carbons (Fsp3) is 0.444. The van der Waals surface area contributed by atoms with Gasteiger partial charge in [0.1, 0.15) is 0 Å². The standard InChI is InChI=1S/C18H24O4/c1-4-15(13-12-14-10-8-7-9-11-14)16(17(19)21-5-2)18(20)22-6-3/h4,7-11,15-16H,1,5-6,12-13H2,2-3H3/t15-/m0/s1. The fourth-order valence-electron chi connectivity index (χ4n) is 2.31. The van der Waals surface area contributed by atoms with Gasteiger partial charge in [-0.15, -0.1) is 6.58 Å². The van der Waals surface area contributed by atoms with E-state index in [4.69, 9.17) is 9.47 Å². The first-order valence-electron chi connectivity index (χ1n) is 7.63. The molecule has 1 aromatic carbocycles. The largest absolute Gasteiger partial charge is 0.465 e. The van der Waals surface area contributed by atoms with Crippen molar-refractivity contribution in [3.63, 3.8) is 0 Å². The van der Waals surface area contributed by atoms with E-state index in [9.17, 15) is 9.59 Å². The van der Waals surface area contributed by atoms with E-state index in [1.54, 1.807) is 19.9 Å². The Labute approximate surface area is 132 Å². The van der Waals surface area contributed by atoms with Gasteiger partial charge >= 0.3 is 11.9 Å². The Bertz CT molecular complexity index is 463. The molecule has 0 radical (unpaired) electrons. The van der Waals surface area contributed by atoms with E-state index in [0.29, 0.717) is 6.42 Å². The zero-order valence-electron chi connectivity index (χ0n) is 13.3. The minimum atomic E-state index is -0.943. The van der Waals surface area contributed by atoms with Crippen LogP contribution in [0.2, 0.25) is 0 Å². The summed E-state index contributed by atoms with van der Waals surface area (Å²) >= 11 is 0. The summed E-state index contributed by atoms with van der Waals surface area (Å²) in [6.45, 7) is 7.66. The van der Waals surface area contributed by atoms with E-state index in [1.165, 1.54) is 0 Å². The number of aryl methyl sites for hydroxylation is 1. The highest BCUT2D eigenvalue weighted by atomic mass is 16.6. The van der Waals surface area contributed by atoms with Crippen molar-refractivity contribution in [3.05, 3.63) is 48.6 Å². The normalized spacial score (nSPS) is 11.8. The predicted molar refractivity (Wildman–Crippen MR) is 85.2 cm³/mol. The average Bonchev–Trinajstić information content (AvgIpc) is 2.52. The molecule has 22 heavy (non-hydrogen) atoms. The van der Waals surface area contributed by atoms with Gasteiger partial charge in [-0.1, -0.05) is 36.4 Å². The molecular formula is C18H24O4. The summed E-state index contributed by atoms with van der Waals surface area (Å²) in [5, 5.41) is 0. The molecule has 120 valence electrons. The molecule has 0 spiro atoms. The Balaban J connectivity index is 2.81. The molecular weight excluding hydrogens is 280 g/mol. The Hall–Kier alpha value is -2.10. The first-order chi connectivity index (χ1) is 10.6. The molecule has 0 bridgehead atoms. The number of esters is 2. The van der Waals surface area contributed by atoms with Crippen molar-refractivity contribution in [1.82, 2.24) is 0 Å². The average molecular weight is 304 g/mol. The third-order valence-corrected chi connectivity index (χ3v) is 3.42. The lowest BCUT2D eigenvalue weighted by Crippen LogP contribution is -2.34. The highest BCUT2D eigenvalue weighted by Crippen LogP contribution is 2.23. The molecule has 0 fully saturated rings. The molecule has 0 saturated heterocycles. The SMILES string of the molecule is C=C[C@@H](CCc1ccccc1)C(C(=O)OCC)C(=O)OCC. The summed E-state index contributed by atoms with van der Waals surface area (Å²) in [6, 6.07) is 9.92. The van der Waals surface area contributed by atoms with Gasteiger partial charge in [-0.2, -0.15) is 0 Å². The van der Waals surface area contributed by atoms with Crippen LogP contribution in [-0.2, 0) is 25.5 Å². The van der Waals surface area contributed by atoms with Gasteiger partial charge in [0.25, 0.3) is 0 Å². The Morgan fingerprint density at radius 1 is 1.09 bits per heavy atom. The summed E-state index contributed by atoms with van der Waals surface area (Å²) in [7, 11) is 0. The van der Waals surface area contributed by atoms with Crippen molar-refractivity contribution < 1.29 is 19.1 Å². The monoisotopic (exact) mass is 304 g/mol. The molecule has 1 rings (SSSR count). The number of carbonyl (C=O) groups is 2. The van der Waals surface area contributed by atoms with Crippen LogP contribution in [-0.4, -0.2) is 25.2 Å². The van der Waals surface area contributed by atoms with E-state index >= 15 is 0 Å². The predicted octanol–water partition coefficient (Wildman–Crippen LogP) is 3.16. The summed E-state index contributed by atoms with van der Waals surface area (Å²) in [5.41, 5.74) is 1.15. The van der Waals surface area contributed by atoms with Gasteiger partial charge in [-0.3, -0.25) is 9.59 Å². The molecule has 0 aliphatic rings. The lowest BCUT2D eigenvalue weighted by molar-refractivity contribution is -0.163. The zero-order chi connectivity index (χ0) is 16.4. The van der Waals surface area contributed by atoms with Gasteiger partial charge in [-0.05, 0) is 32.3 Å². The van der Waals surface area contributed by atoms with Crippen LogP contribution in [0.1, 0.15) is 25.8 Å². The highest BCUT2D eigenvalue weighted by molar-refractivity contribution is 5.95. The summed E-state index contributed by atoms with van der Waals surface area (Å²) in [5.74, 6) is -2.34. The Morgan fingerprint density at radius 2 is 1.64 bits per heavy atom. The van der Waals surface area contributed by atoms with Gasteiger partial charge in [0, 0.05) is 5.92 Å². The second-order valence-electron chi connectivity index (χ2n) is 4.91. The lowest BCUT2D eigenvalue weighted by atomic mass is 9.87. The maximum atomic E-state index is 12.1. The molecule has 4 heteroatoms. The van der Waals surface area contributed by atoms with E-state index in [0.717, 1.165) is 12.0 Å².